The van der Waals surface area contributed by atoms with E-state index in [0.717, 1.165) is 35.4 Å². The van der Waals surface area contributed by atoms with Crippen molar-refractivity contribution in [3.05, 3.63) is 63.2 Å². The van der Waals surface area contributed by atoms with Crippen LogP contribution < -0.4 is 9.64 Å². The highest BCUT2D eigenvalue weighted by Crippen LogP contribution is 2.24. The minimum Gasteiger partial charge on any atom is -0.486 e. The fourth-order valence-corrected chi connectivity index (χ4v) is 4.61. The van der Waals surface area contributed by atoms with E-state index in [1.54, 1.807) is 12.1 Å². The average molecular weight is 470 g/mol. The van der Waals surface area contributed by atoms with Crippen molar-refractivity contribution in [3.8, 4) is 5.75 Å². The first-order valence-corrected chi connectivity index (χ1v) is 11.9. The molecular weight excluding hydrogens is 441 g/mol. The van der Waals surface area contributed by atoms with E-state index < -0.39 is 0 Å². The molecule has 33 heavy (non-hydrogen) atoms. The molecule has 0 saturated carbocycles. The minimum absolute atomic E-state index is 0.000537. The van der Waals surface area contributed by atoms with Gasteiger partial charge < -0.3 is 14.5 Å². The van der Waals surface area contributed by atoms with Gasteiger partial charge in [0.15, 0.2) is 0 Å². The Morgan fingerprint density at radius 2 is 1.79 bits per heavy atom. The van der Waals surface area contributed by atoms with Crippen molar-refractivity contribution in [2.75, 3.05) is 31.1 Å². The van der Waals surface area contributed by atoms with Gasteiger partial charge in [-0.2, -0.15) is 0 Å². The van der Waals surface area contributed by atoms with Gasteiger partial charge in [0, 0.05) is 43.9 Å². The average Bonchev–Trinajstić information content (AvgIpc) is 3.18. The summed E-state index contributed by atoms with van der Waals surface area (Å²) in [6, 6.07) is 7.85. The Kier molecular flexibility index (Phi) is 6.88. The molecule has 1 fully saturated rings. The highest BCUT2D eigenvalue weighted by atomic mass is 32.1. The molecule has 3 aromatic rings. The summed E-state index contributed by atoms with van der Waals surface area (Å²) >= 11 is 1.35. The monoisotopic (exact) mass is 469 g/mol. The van der Waals surface area contributed by atoms with E-state index in [1.165, 1.54) is 23.5 Å². The highest BCUT2D eigenvalue weighted by molar-refractivity contribution is 7.13. The zero-order valence-corrected chi connectivity index (χ0v) is 20.2. The Morgan fingerprint density at radius 1 is 1.09 bits per heavy atom. The Balaban J connectivity index is 1.37. The van der Waals surface area contributed by atoms with Gasteiger partial charge >= 0.3 is 0 Å². The molecule has 0 spiro atoms. The number of amides is 1. The van der Waals surface area contributed by atoms with Crippen LogP contribution in [0.4, 0.5) is 10.2 Å². The summed E-state index contributed by atoms with van der Waals surface area (Å²) in [5.74, 6) is 2.29. The number of halogens is 1. The number of rotatable bonds is 6. The first-order valence-electron chi connectivity index (χ1n) is 11.0. The van der Waals surface area contributed by atoms with Crippen LogP contribution in [0, 0.1) is 19.7 Å². The molecule has 1 amide bonds. The summed E-state index contributed by atoms with van der Waals surface area (Å²) in [6.45, 7) is 10.9. The number of aromatic nitrogens is 3. The third kappa shape index (κ3) is 5.47. The summed E-state index contributed by atoms with van der Waals surface area (Å²) < 4.78 is 18.7. The smallest absolute Gasteiger partial charge is 0.265 e. The van der Waals surface area contributed by atoms with Crippen molar-refractivity contribution in [1.29, 1.82) is 0 Å². The van der Waals surface area contributed by atoms with Gasteiger partial charge in [-0.05, 0) is 38.1 Å². The van der Waals surface area contributed by atoms with Crippen molar-refractivity contribution >= 4 is 23.1 Å². The van der Waals surface area contributed by atoms with Crippen LogP contribution in [0.1, 0.15) is 51.7 Å². The summed E-state index contributed by atoms with van der Waals surface area (Å²) in [4.78, 5) is 31.6. The molecule has 3 heterocycles. The van der Waals surface area contributed by atoms with Crippen LogP contribution in [0.5, 0.6) is 5.75 Å². The lowest BCUT2D eigenvalue weighted by Crippen LogP contribution is -2.49. The van der Waals surface area contributed by atoms with Crippen molar-refractivity contribution in [1.82, 2.24) is 19.9 Å². The number of aryl methyl sites for hydroxylation is 2. The minimum atomic E-state index is -0.310. The summed E-state index contributed by atoms with van der Waals surface area (Å²) in [7, 11) is 0. The van der Waals surface area contributed by atoms with Crippen molar-refractivity contribution < 1.29 is 13.9 Å². The maximum absolute atomic E-state index is 13.2. The molecule has 9 heteroatoms. The van der Waals surface area contributed by atoms with Crippen LogP contribution in [0.3, 0.4) is 0 Å². The normalized spacial score (nSPS) is 14.1. The van der Waals surface area contributed by atoms with Gasteiger partial charge in [0.1, 0.15) is 39.7 Å². The van der Waals surface area contributed by atoms with E-state index in [-0.39, 0.29) is 24.2 Å². The molecule has 0 N–H and O–H groups in total. The second-order valence-electron chi connectivity index (χ2n) is 8.42. The number of piperazine rings is 1. The van der Waals surface area contributed by atoms with Crippen LogP contribution in [0.25, 0.3) is 0 Å². The van der Waals surface area contributed by atoms with E-state index in [2.05, 4.69) is 28.7 Å². The molecule has 1 aliphatic rings. The number of benzene rings is 1. The van der Waals surface area contributed by atoms with Gasteiger partial charge in [-0.25, -0.2) is 19.3 Å². The third-order valence-corrected chi connectivity index (χ3v) is 6.60. The molecule has 0 radical (unpaired) electrons. The third-order valence-electron chi connectivity index (χ3n) is 5.48. The lowest BCUT2D eigenvalue weighted by atomic mass is 10.2. The Labute approximate surface area is 197 Å². The van der Waals surface area contributed by atoms with Crippen LogP contribution in [0.15, 0.2) is 30.3 Å². The number of anilines is 1. The zero-order valence-electron chi connectivity index (χ0n) is 19.3. The van der Waals surface area contributed by atoms with Gasteiger partial charge in [-0.1, -0.05) is 13.8 Å². The van der Waals surface area contributed by atoms with Gasteiger partial charge in [0.25, 0.3) is 5.91 Å². The van der Waals surface area contributed by atoms with Gasteiger partial charge in [0.2, 0.25) is 0 Å². The quantitative estimate of drug-likeness (QED) is 0.534. The van der Waals surface area contributed by atoms with Gasteiger partial charge in [0.05, 0.1) is 5.69 Å². The van der Waals surface area contributed by atoms with Crippen LogP contribution in [-0.4, -0.2) is 51.9 Å². The summed E-state index contributed by atoms with van der Waals surface area (Å²) in [6.07, 6.45) is 0. The lowest BCUT2D eigenvalue weighted by Gasteiger charge is -2.35. The van der Waals surface area contributed by atoms with E-state index in [0.29, 0.717) is 29.4 Å². The number of carbonyl (C=O) groups is 1. The van der Waals surface area contributed by atoms with Gasteiger partial charge in [-0.15, -0.1) is 11.3 Å². The maximum Gasteiger partial charge on any atom is 0.265 e. The lowest BCUT2D eigenvalue weighted by molar-refractivity contribution is 0.0750. The number of ether oxygens (including phenoxy) is 1. The predicted octanol–water partition coefficient (Wildman–Crippen LogP) is 4.35. The Bertz CT molecular complexity index is 1120. The number of hydrogen-bond donors (Lipinski definition) is 0. The predicted molar refractivity (Wildman–Crippen MR) is 127 cm³/mol. The van der Waals surface area contributed by atoms with Crippen LogP contribution >= 0.6 is 11.3 Å². The highest BCUT2D eigenvalue weighted by Gasteiger charge is 2.26. The zero-order chi connectivity index (χ0) is 23.5. The molecule has 1 aromatic carbocycles. The first-order chi connectivity index (χ1) is 15.8. The molecule has 0 bridgehead atoms. The molecule has 0 atom stereocenters. The van der Waals surface area contributed by atoms with Gasteiger partial charge in [-0.3, -0.25) is 4.79 Å². The van der Waals surface area contributed by atoms with E-state index in [1.807, 2.05) is 24.8 Å². The van der Waals surface area contributed by atoms with Crippen molar-refractivity contribution in [3.63, 3.8) is 0 Å². The molecule has 174 valence electrons. The molecular formula is C24H28FN5O2S. The number of nitrogens with zero attached hydrogens (tertiary/aromatic N) is 5. The molecule has 4 rings (SSSR count). The Morgan fingerprint density at radius 3 is 2.45 bits per heavy atom. The summed E-state index contributed by atoms with van der Waals surface area (Å²) in [5.41, 5.74) is 1.66. The standard InChI is InChI=1S/C24H28FN5O2S/c1-15(2)23-26-16(3)13-20(28-23)29-9-11-30(12-10-29)24(31)22-17(4)27-21(33-22)14-32-19-7-5-18(25)6-8-19/h5-8,13,15H,9-12,14H2,1-4H3. The molecule has 7 nitrogen and oxygen atoms in total. The SMILES string of the molecule is Cc1cc(N2CCN(C(=O)c3sc(COc4ccc(F)cc4)nc3C)CC2)nc(C(C)C)n1. The molecule has 0 unspecified atom stereocenters. The molecule has 1 saturated heterocycles. The fourth-order valence-electron chi connectivity index (χ4n) is 3.67. The fraction of sp³-hybridized carbons (Fsp3) is 0.417. The van der Waals surface area contributed by atoms with E-state index >= 15 is 0 Å². The molecule has 2 aromatic heterocycles. The second kappa shape index (κ2) is 9.82. The largest absolute Gasteiger partial charge is 0.486 e. The van der Waals surface area contributed by atoms with E-state index in [9.17, 15) is 9.18 Å². The number of carbonyl (C=O) groups excluding carboxylic acids is 1. The molecule has 1 aliphatic heterocycles. The molecule has 0 aliphatic carbocycles. The summed E-state index contributed by atoms with van der Waals surface area (Å²) in [5, 5.41) is 0.719. The maximum atomic E-state index is 13.2. The van der Waals surface area contributed by atoms with Crippen molar-refractivity contribution in [2.45, 2.75) is 40.2 Å². The topological polar surface area (TPSA) is 71.5 Å². The van der Waals surface area contributed by atoms with E-state index in [4.69, 9.17) is 9.72 Å². The first kappa shape index (κ1) is 23.1. The van der Waals surface area contributed by atoms with Crippen LogP contribution in [0.2, 0.25) is 0 Å². The van der Waals surface area contributed by atoms with Crippen LogP contribution in [-0.2, 0) is 6.61 Å². The van der Waals surface area contributed by atoms with Crippen molar-refractivity contribution in [2.24, 2.45) is 0 Å². The second-order valence-corrected chi connectivity index (χ2v) is 9.51. The number of hydrogen-bond acceptors (Lipinski definition) is 7. The Hall–Kier alpha value is -3.07. The number of thiazole rings is 1.